The number of pyridine rings is 1. The zero-order valence-electron chi connectivity index (χ0n) is 14.8. The molecule has 1 fully saturated rings. The van der Waals surface area contributed by atoms with Crippen LogP contribution in [0.2, 0.25) is 0 Å². The molecule has 5 nitrogen and oxygen atoms in total. The van der Waals surface area contributed by atoms with Crippen LogP contribution in [0, 0.1) is 5.92 Å². The highest BCUT2D eigenvalue weighted by Crippen LogP contribution is 2.24. The molecule has 1 N–H and O–H groups in total. The molecule has 2 heterocycles. The SMILES string of the molecule is O=C(O)c1ccccc1CC1CCN(C(=O)CCc2ccccn2)CC1. The summed E-state index contributed by atoms with van der Waals surface area (Å²) in [5.74, 6) is -0.266. The molecule has 5 heteroatoms. The first-order valence-electron chi connectivity index (χ1n) is 9.12. The number of hydrogen-bond donors (Lipinski definition) is 1. The van der Waals surface area contributed by atoms with E-state index in [0.29, 0.717) is 24.3 Å². The molecule has 0 saturated carbocycles. The number of benzene rings is 1. The maximum absolute atomic E-state index is 12.4. The Hall–Kier alpha value is -2.69. The van der Waals surface area contributed by atoms with E-state index in [1.165, 1.54) is 0 Å². The summed E-state index contributed by atoms with van der Waals surface area (Å²) >= 11 is 0. The molecule has 1 aromatic heterocycles. The van der Waals surface area contributed by atoms with Gasteiger partial charge in [-0.25, -0.2) is 4.79 Å². The van der Waals surface area contributed by atoms with Crippen molar-refractivity contribution >= 4 is 11.9 Å². The molecule has 0 aliphatic carbocycles. The summed E-state index contributed by atoms with van der Waals surface area (Å²) in [6.45, 7) is 1.50. The lowest BCUT2D eigenvalue weighted by molar-refractivity contribution is -0.132. The Balaban J connectivity index is 1.48. The first-order valence-corrected chi connectivity index (χ1v) is 9.12. The van der Waals surface area contributed by atoms with Gasteiger partial charge in [-0.05, 0) is 55.4 Å². The third-order valence-corrected chi connectivity index (χ3v) is 5.04. The summed E-state index contributed by atoms with van der Waals surface area (Å²) < 4.78 is 0. The number of amides is 1. The number of hydrogen-bond acceptors (Lipinski definition) is 3. The molecule has 1 amide bonds. The van der Waals surface area contributed by atoms with E-state index < -0.39 is 5.97 Å². The van der Waals surface area contributed by atoms with Crippen LogP contribution in [0.15, 0.2) is 48.7 Å². The van der Waals surface area contributed by atoms with Gasteiger partial charge in [0.25, 0.3) is 0 Å². The zero-order chi connectivity index (χ0) is 18.4. The highest BCUT2D eigenvalue weighted by molar-refractivity contribution is 5.89. The van der Waals surface area contributed by atoms with Gasteiger partial charge >= 0.3 is 5.97 Å². The lowest BCUT2D eigenvalue weighted by Crippen LogP contribution is -2.39. The van der Waals surface area contributed by atoms with Crippen molar-refractivity contribution in [3.8, 4) is 0 Å². The third kappa shape index (κ3) is 4.69. The number of aryl methyl sites for hydroxylation is 1. The van der Waals surface area contributed by atoms with Crippen LogP contribution >= 0.6 is 0 Å². The number of nitrogens with zero attached hydrogens (tertiary/aromatic N) is 2. The van der Waals surface area contributed by atoms with Gasteiger partial charge in [0, 0.05) is 31.4 Å². The summed E-state index contributed by atoms with van der Waals surface area (Å²) in [7, 11) is 0. The van der Waals surface area contributed by atoms with Crippen LogP contribution < -0.4 is 0 Å². The number of carboxylic acid groups (broad SMARTS) is 1. The fraction of sp³-hybridized carbons (Fsp3) is 0.381. The summed E-state index contributed by atoms with van der Waals surface area (Å²) in [6.07, 6.45) is 5.51. The first-order chi connectivity index (χ1) is 12.6. The predicted molar refractivity (Wildman–Crippen MR) is 99.0 cm³/mol. The third-order valence-electron chi connectivity index (χ3n) is 5.04. The summed E-state index contributed by atoms with van der Waals surface area (Å²) in [5, 5.41) is 9.31. The Morgan fingerprint density at radius 2 is 1.81 bits per heavy atom. The number of carbonyl (C=O) groups is 2. The topological polar surface area (TPSA) is 70.5 Å². The van der Waals surface area contributed by atoms with Crippen LogP contribution in [0.25, 0.3) is 0 Å². The van der Waals surface area contributed by atoms with Crippen molar-refractivity contribution in [1.29, 1.82) is 0 Å². The molecule has 0 spiro atoms. The minimum Gasteiger partial charge on any atom is -0.478 e. The zero-order valence-corrected chi connectivity index (χ0v) is 14.8. The van der Waals surface area contributed by atoms with Gasteiger partial charge in [-0.2, -0.15) is 0 Å². The number of rotatable bonds is 6. The van der Waals surface area contributed by atoms with Crippen LogP contribution in [-0.4, -0.2) is 40.0 Å². The van der Waals surface area contributed by atoms with E-state index in [1.807, 2.05) is 35.2 Å². The van der Waals surface area contributed by atoms with E-state index >= 15 is 0 Å². The molecule has 0 bridgehead atoms. The van der Waals surface area contributed by atoms with Crippen LogP contribution in [0.4, 0.5) is 0 Å². The van der Waals surface area contributed by atoms with Crippen molar-refractivity contribution in [2.45, 2.75) is 32.1 Å². The molecule has 136 valence electrons. The van der Waals surface area contributed by atoms with Crippen molar-refractivity contribution < 1.29 is 14.7 Å². The van der Waals surface area contributed by atoms with Gasteiger partial charge in [-0.3, -0.25) is 9.78 Å². The van der Waals surface area contributed by atoms with Crippen LogP contribution in [0.1, 0.15) is 40.9 Å². The fourth-order valence-corrected chi connectivity index (χ4v) is 3.54. The van der Waals surface area contributed by atoms with Gasteiger partial charge in [0.05, 0.1) is 5.56 Å². The van der Waals surface area contributed by atoms with E-state index in [1.54, 1.807) is 18.3 Å². The number of carbonyl (C=O) groups excluding carboxylic acids is 1. The summed E-state index contributed by atoms with van der Waals surface area (Å²) in [4.78, 5) is 29.9. The van der Waals surface area contributed by atoms with Crippen LogP contribution in [0.5, 0.6) is 0 Å². The van der Waals surface area contributed by atoms with E-state index in [0.717, 1.165) is 43.6 Å². The highest BCUT2D eigenvalue weighted by Gasteiger charge is 2.24. The minimum atomic E-state index is -0.872. The Labute approximate surface area is 153 Å². The van der Waals surface area contributed by atoms with Gasteiger partial charge in [0.15, 0.2) is 0 Å². The van der Waals surface area contributed by atoms with Crippen molar-refractivity contribution in [2.75, 3.05) is 13.1 Å². The van der Waals surface area contributed by atoms with Gasteiger partial charge < -0.3 is 10.0 Å². The molecule has 2 aromatic rings. The standard InChI is InChI=1S/C21H24N2O3/c24-20(9-8-18-6-3-4-12-22-18)23-13-10-16(11-14-23)15-17-5-1-2-7-19(17)21(25)26/h1-7,12,16H,8-11,13-15H2,(H,25,26). The summed E-state index contributed by atoms with van der Waals surface area (Å²) in [6, 6.07) is 13.0. The van der Waals surface area contributed by atoms with E-state index in [9.17, 15) is 14.7 Å². The van der Waals surface area contributed by atoms with E-state index in [4.69, 9.17) is 0 Å². The molecule has 3 rings (SSSR count). The molecule has 26 heavy (non-hydrogen) atoms. The monoisotopic (exact) mass is 352 g/mol. The maximum atomic E-state index is 12.4. The molecular weight excluding hydrogens is 328 g/mol. The Bertz CT molecular complexity index is 753. The van der Waals surface area contributed by atoms with Crippen LogP contribution in [0.3, 0.4) is 0 Å². The van der Waals surface area contributed by atoms with Gasteiger partial charge in [-0.1, -0.05) is 24.3 Å². The molecule has 1 aliphatic rings. The lowest BCUT2D eigenvalue weighted by atomic mass is 9.88. The Kier molecular flexibility index (Phi) is 6.00. The van der Waals surface area contributed by atoms with Crippen molar-refractivity contribution in [2.24, 2.45) is 5.92 Å². The van der Waals surface area contributed by atoms with Gasteiger partial charge in [-0.15, -0.1) is 0 Å². The highest BCUT2D eigenvalue weighted by atomic mass is 16.4. The molecule has 0 atom stereocenters. The molecular formula is C21H24N2O3. The number of aromatic carboxylic acids is 1. The largest absolute Gasteiger partial charge is 0.478 e. The predicted octanol–water partition coefficient (Wildman–Crippen LogP) is 3.19. The molecule has 1 aliphatic heterocycles. The molecule has 1 aromatic carbocycles. The number of aromatic nitrogens is 1. The van der Waals surface area contributed by atoms with E-state index in [-0.39, 0.29) is 5.91 Å². The summed E-state index contributed by atoms with van der Waals surface area (Å²) in [5.41, 5.74) is 2.22. The van der Waals surface area contributed by atoms with E-state index in [2.05, 4.69) is 4.98 Å². The van der Waals surface area contributed by atoms with Gasteiger partial charge in [0.2, 0.25) is 5.91 Å². The normalized spacial score (nSPS) is 15.0. The second kappa shape index (κ2) is 8.61. The molecule has 1 saturated heterocycles. The quantitative estimate of drug-likeness (QED) is 0.867. The Morgan fingerprint density at radius 1 is 1.08 bits per heavy atom. The Morgan fingerprint density at radius 3 is 2.50 bits per heavy atom. The molecule has 0 radical (unpaired) electrons. The smallest absolute Gasteiger partial charge is 0.335 e. The first kappa shape index (κ1) is 18.1. The second-order valence-electron chi connectivity index (χ2n) is 6.81. The average Bonchev–Trinajstić information content (AvgIpc) is 2.68. The minimum absolute atomic E-state index is 0.181. The number of carboxylic acids is 1. The van der Waals surface area contributed by atoms with Crippen molar-refractivity contribution in [1.82, 2.24) is 9.88 Å². The van der Waals surface area contributed by atoms with Gasteiger partial charge in [0.1, 0.15) is 0 Å². The van der Waals surface area contributed by atoms with Crippen molar-refractivity contribution in [3.05, 3.63) is 65.5 Å². The molecule has 0 unspecified atom stereocenters. The number of piperidine rings is 1. The fourth-order valence-electron chi connectivity index (χ4n) is 3.54. The van der Waals surface area contributed by atoms with Crippen LogP contribution in [-0.2, 0) is 17.6 Å². The van der Waals surface area contributed by atoms with Crippen molar-refractivity contribution in [3.63, 3.8) is 0 Å². The maximum Gasteiger partial charge on any atom is 0.335 e. The number of likely N-dealkylation sites (tertiary alicyclic amines) is 1. The second-order valence-corrected chi connectivity index (χ2v) is 6.81. The average molecular weight is 352 g/mol. The lowest BCUT2D eigenvalue weighted by Gasteiger charge is -2.32.